The van der Waals surface area contributed by atoms with Gasteiger partial charge in [-0.3, -0.25) is 4.79 Å². The van der Waals surface area contributed by atoms with Crippen molar-refractivity contribution in [2.75, 3.05) is 13.7 Å². The van der Waals surface area contributed by atoms with Crippen LogP contribution in [0.25, 0.3) is 0 Å². The first kappa shape index (κ1) is 12.9. The van der Waals surface area contributed by atoms with Gasteiger partial charge < -0.3 is 10.1 Å². The molecule has 102 valence electrons. The summed E-state index contributed by atoms with van der Waals surface area (Å²) in [5.41, 5.74) is 2.98. The lowest BCUT2D eigenvalue weighted by Crippen LogP contribution is -2.32. The molecular weight excluding hydrogens is 250 g/mol. The summed E-state index contributed by atoms with van der Waals surface area (Å²) in [6.45, 7) is 1.50. The molecule has 0 saturated heterocycles. The number of para-hydroxylation sites is 1. The minimum atomic E-state index is -0.142. The number of carbonyl (C=O) groups is 1. The van der Waals surface area contributed by atoms with Crippen LogP contribution in [0.3, 0.4) is 0 Å². The van der Waals surface area contributed by atoms with Crippen LogP contribution >= 0.6 is 0 Å². The number of ether oxygens (including phenoxy) is 1. The molecular formula is C17H17NO2. The largest absolute Gasteiger partial charge is 0.496 e. The molecule has 2 aromatic rings. The van der Waals surface area contributed by atoms with Crippen LogP contribution in [0.4, 0.5) is 0 Å². The quantitative estimate of drug-likeness (QED) is 0.869. The van der Waals surface area contributed by atoms with E-state index in [9.17, 15) is 4.79 Å². The van der Waals surface area contributed by atoms with E-state index in [1.165, 1.54) is 5.56 Å². The van der Waals surface area contributed by atoms with E-state index in [0.717, 1.165) is 12.1 Å². The third-order valence-electron chi connectivity index (χ3n) is 3.78. The van der Waals surface area contributed by atoms with Gasteiger partial charge in [0.15, 0.2) is 5.78 Å². The Bertz CT molecular complexity index is 636. The second-order valence-corrected chi connectivity index (χ2v) is 4.95. The van der Waals surface area contributed by atoms with Gasteiger partial charge in [0.05, 0.1) is 18.6 Å². The lowest BCUT2D eigenvalue weighted by atomic mass is 9.85. The van der Waals surface area contributed by atoms with Gasteiger partial charge in [-0.1, -0.05) is 36.4 Å². The second-order valence-electron chi connectivity index (χ2n) is 4.95. The van der Waals surface area contributed by atoms with E-state index in [1.807, 2.05) is 42.5 Å². The fraction of sp³-hybridized carbons (Fsp3) is 0.235. The van der Waals surface area contributed by atoms with E-state index in [0.29, 0.717) is 17.9 Å². The Balaban J connectivity index is 2.00. The van der Waals surface area contributed by atoms with Crippen LogP contribution in [0.1, 0.15) is 27.4 Å². The summed E-state index contributed by atoms with van der Waals surface area (Å²) in [5, 5.41) is 3.32. The van der Waals surface area contributed by atoms with Crippen molar-refractivity contribution in [3.8, 4) is 5.75 Å². The summed E-state index contributed by atoms with van der Waals surface area (Å²) in [6.07, 6.45) is 0. The monoisotopic (exact) mass is 267 g/mol. The summed E-state index contributed by atoms with van der Waals surface area (Å²) in [6, 6.07) is 15.5. The number of ketones is 1. The van der Waals surface area contributed by atoms with Gasteiger partial charge in [0.25, 0.3) is 0 Å². The molecule has 0 aliphatic carbocycles. The SMILES string of the molecule is COc1ccccc1C(=O)C1CNCc2ccccc21. The molecule has 0 aromatic heterocycles. The molecule has 20 heavy (non-hydrogen) atoms. The van der Waals surface area contributed by atoms with Crippen molar-refractivity contribution < 1.29 is 9.53 Å². The van der Waals surface area contributed by atoms with Gasteiger partial charge in [-0.25, -0.2) is 0 Å². The third-order valence-corrected chi connectivity index (χ3v) is 3.78. The summed E-state index contributed by atoms with van der Waals surface area (Å²) in [4.78, 5) is 12.8. The van der Waals surface area contributed by atoms with E-state index in [-0.39, 0.29) is 11.7 Å². The Hall–Kier alpha value is -2.13. The number of nitrogens with one attached hydrogen (secondary N) is 1. The predicted octanol–water partition coefficient (Wildman–Crippen LogP) is 2.76. The van der Waals surface area contributed by atoms with Crippen LogP contribution in [0.5, 0.6) is 5.75 Å². The first-order valence-electron chi connectivity index (χ1n) is 6.77. The molecule has 1 N–H and O–H groups in total. The molecule has 3 rings (SSSR count). The van der Waals surface area contributed by atoms with Crippen molar-refractivity contribution in [3.05, 3.63) is 65.2 Å². The Morgan fingerprint density at radius 2 is 1.90 bits per heavy atom. The van der Waals surface area contributed by atoms with Crippen molar-refractivity contribution in [1.29, 1.82) is 0 Å². The van der Waals surface area contributed by atoms with Gasteiger partial charge in [0, 0.05) is 13.1 Å². The Morgan fingerprint density at radius 1 is 1.15 bits per heavy atom. The number of Topliss-reactive ketones (excluding diaryl/α,β-unsaturated/α-hetero) is 1. The molecule has 1 aliphatic heterocycles. The number of fused-ring (bicyclic) bond motifs is 1. The molecule has 0 radical (unpaired) electrons. The fourth-order valence-corrected chi connectivity index (χ4v) is 2.77. The zero-order valence-electron chi connectivity index (χ0n) is 11.4. The van der Waals surface area contributed by atoms with Crippen LogP contribution in [-0.4, -0.2) is 19.4 Å². The van der Waals surface area contributed by atoms with Crippen molar-refractivity contribution in [3.63, 3.8) is 0 Å². The first-order chi connectivity index (χ1) is 9.81. The normalized spacial score (nSPS) is 17.4. The summed E-state index contributed by atoms with van der Waals surface area (Å²) in [5.74, 6) is 0.610. The average Bonchev–Trinajstić information content (AvgIpc) is 2.53. The minimum Gasteiger partial charge on any atom is -0.496 e. The van der Waals surface area contributed by atoms with E-state index in [2.05, 4.69) is 11.4 Å². The van der Waals surface area contributed by atoms with E-state index >= 15 is 0 Å². The highest BCUT2D eigenvalue weighted by Crippen LogP contribution is 2.30. The Labute approximate surface area is 118 Å². The molecule has 0 spiro atoms. The second kappa shape index (κ2) is 5.47. The van der Waals surface area contributed by atoms with E-state index < -0.39 is 0 Å². The Morgan fingerprint density at radius 3 is 2.75 bits per heavy atom. The zero-order chi connectivity index (χ0) is 13.9. The number of hydrogen-bond donors (Lipinski definition) is 1. The van der Waals surface area contributed by atoms with Crippen molar-refractivity contribution in [2.45, 2.75) is 12.5 Å². The standard InChI is InChI=1S/C17H17NO2/c1-20-16-9-5-4-8-14(16)17(19)15-11-18-10-12-6-2-3-7-13(12)15/h2-9,15,18H,10-11H2,1H3. The van der Waals surface area contributed by atoms with E-state index in [1.54, 1.807) is 7.11 Å². The number of hydrogen-bond acceptors (Lipinski definition) is 3. The van der Waals surface area contributed by atoms with Crippen LogP contribution in [0.15, 0.2) is 48.5 Å². The van der Waals surface area contributed by atoms with Crippen LogP contribution in [-0.2, 0) is 6.54 Å². The molecule has 0 amide bonds. The zero-order valence-corrected chi connectivity index (χ0v) is 11.4. The lowest BCUT2D eigenvalue weighted by Gasteiger charge is -2.25. The maximum Gasteiger partial charge on any atom is 0.175 e. The molecule has 1 atom stereocenters. The topological polar surface area (TPSA) is 38.3 Å². The van der Waals surface area contributed by atoms with E-state index in [4.69, 9.17) is 4.74 Å². The highest BCUT2D eigenvalue weighted by Gasteiger charge is 2.28. The van der Waals surface area contributed by atoms with Gasteiger partial charge in [0.2, 0.25) is 0 Å². The summed E-state index contributed by atoms with van der Waals surface area (Å²) >= 11 is 0. The maximum absolute atomic E-state index is 12.8. The molecule has 1 heterocycles. The van der Waals surface area contributed by atoms with Gasteiger partial charge in [0.1, 0.15) is 5.75 Å². The van der Waals surface area contributed by atoms with Gasteiger partial charge >= 0.3 is 0 Å². The predicted molar refractivity (Wildman–Crippen MR) is 78.2 cm³/mol. The van der Waals surface area contributed by atoms with Crippen LogP contribution in [0, 0.1) is 0 Å². The van der Waals surface area contributed by atoms with Crippen molar-refractivity contribution in [2.24, 2.45) is 0 Å². The molecule has 0 bridgehead atoms. The summed E-state index contributed by atoms with van der Waals surface area (Å²) in [7, 11) is 1.60. The minimum absolute atomic E-state index is 0.113. The number of carbonyl (C=O) groups excluding carboxylic acids is 1. The molecule has 3 nitrogen and oxygen atoms in total. The van der Waals surface area contributed by atoms with Gasteiger partial charge in [-0.05, 0) is 23.3 Å². The van der Waals surface area contributed by atoms with Crippen molar-refractivity contribution >= 4 is 5.78 Å². The van der Waals surface area contributed by atoms with Crippen LogP contribution < -0.4 is 10.1 Å². The van der Waals surface area contributed by atoms with Gasteiger partial charge in [-0.2, -0.15) is 0 Å². The highest BCUT2D eigenvalue weighted by molar-refractivity contribution is 6.03. The molecule has 2 aromatic carbocycles. The van der Waals surface area contributed by atoms with Crippen molar-refractivity contribution in [1.82, 2.24) is 5.32 Å². The molecule has 3 heteroatoms. The molecule has 0 fully saturated rings. The Kier molecular flexibility index (Phi) is 3.52. The number of methoxy groups -OCH3 is 1. The number of benzene rings is 2. The molecule has 1 unspecified atom stereocenters. The summed E-state index contributed by atoms with van der Waals surface area (Å²) < 4.78 is 5.30. The maximum atomic E-state index is 12.8. The first-order valence-corrected chi connectivity index (χ1v) is 6.77. The average molecular weight is 267 g/mol. The lowest BCUT2D eigenvalue weighted by molar-refractivity contribution is 0.0952. The number of rotatable bonds is 3. The van der Waals surface area contributed by atoms with Gasteiger partial charge in [-0.15, -0.1) is 0 Å². The molecule has 1 aliphatic rings. The molecule has 0 saturated carbocycles. The fourth-order valence-electron chi connectivity index (χ4n) is 2.77. The highest BCUT2D eigenvalue weighted by atomic mass is 16.5. The van der Waals surface area contributed by atoms with Crippen LogP contribution in [0.2, 0.25) is 0 Å². The smallest absolute Gasteiger partial charge is 0.175 e. The third kappa shape index (κ3) is 2.21.